The first-order valence-electron chi connectivity index (χ1n) is 7.75. The number of hydrogen-bond acceptors (Lipinski definition) is 6. The van der Waals surface area contributed by atoms with Crippen LogP contribution in [0.15, 0.2) is 70.1 Å². The second-order valence-corrected chi connectivity index (χ2v) is 6.31. The van der Waals surface area contributed by atoms with Gasteiger partial charge in [-0.1, -0.05) is 18.2 Å². The lowest BCUT2D eigenvalue weighted by atomic mass is 9.79. The SMILES string of the molecule is C=CC1=C2C(C)=CC(O)=C(O)/C=C(\C)CC2(O)COC1=C(O)C(C)=O. The van der Waals surface area contributed by atoms with E-state index in [-0.39, 0.29) is 35.9 Å². The van der Waals surface area contributed by atoms with Crippen molar-refractivity contribution < 1.29 is 30.0 Å². The topological polar surface area (TPSA) is 107 Å². The van der Waals surface area contributed by atoms with Gasteiger partial charge >= 0.3 is 0 Å². The number of rotatable bonds is 2. The van der Waals surface area contributed by atoms with Gasteiger partial charge in [-0.2, -0.15) is 0 Å². The highest BCUT2D eigenvalue weighted by atomic mass is 16.5. The van der Waals surface area contributed by atoms with Crippen LogP contribution in [0.5, 0.6) is 0 Å². The van der Waals surface area contributed by atoms with Crippen LogP contribution in [-0.2, 0) is 9.53 Å². The van der Waals surface area contributed by atoms with Crippen molar-refractivity contribution in [2.75, 3.05) is 6.61 Å². The third kappa shape index (κ3) is 3.39. The van der Waals surface area contributed by atoms with Crippen LogP contribution in [0.1, 0.15) is 27.2 Å². The van der Waals surface area contributed by atoms with Gasteiger partial charge in [-0.25, -0.2) is 0 Å². The summed E-state index contributed by atoms with van der Waals surface area (Å²) < 4.78 is 5.50. The van der Waals surface area contributed by atoms with E-state index < -0.39 is 17.1 Å². The maximum absolute atomic E-state index is 11.5. The van der Waals surface area contributed by atoms with Gasteiger partial charge in [-0.15, -0.1) is 0 Å². The van der Waals surface area contributed by atoms with Crippen LogP contribution in [0, 0.1) is 0 Å². The molecule has 0 amide bonds. The zero-order valence-corrected chi connectivity index (χ0v) is 14.5. The molecule has 0 fully saturated rings. The molecule has 134 valence electrons. The minimum atomic E-state index is -1.48. The maximum Gasteiger partial charge on any atom is 0.202 e. The molecule has 0 bridgehead atoms. The van der Waals surface area contributed by atoms with Gasteiger partial charge in [0, 0.05) is 24.5 Å². The molecule has 1 unspecified atom stereocenters. The normalized spacial score (nSPS) is 28.5. The third-order valence-electron chi connectivity index (χ3n) is 4.15. The summed E-state index contributed by atoms with van der Waals surface area (Å²) in [6.07, 6.45) is 4.17. The number of aliphatic hydroxyl groups is 4. The number of carbonyl (C=O) groups excluding carboxylic acids is 1. The summed E-state index contributed by atoms with van der Waals surface area (Å²) in [4.78, 5) is 11.5. The number of carbonyl (C=O) groups is 1. The van der Waals surface area contributed by atoms with Gasteiger partial charge in [-0.3, -0.25) is 4.79 Å². The first-order chi connectivity index (χ1) is 11.6. The van der Waals surface area contributed by atoms with E-state index in [1.165, 1.54) is 25.2 Å². The van der Waals surface area contributed by atoms with Crippen LogP contribution in [-0.4, -0.2) is 38.4 Å². The van der Waals surface area contributed by atoms with Gasteiger partial charge in [0.25, 0.3) is 0 Å². The lowest BCUT2D eigenvalue weighted by Crippen LogP contribution is -2.42. The minimum absolute atomic E-state index is 0.0662. The number of ketones is 1. The number of aliphatic hydroxyl groups excluding tert-OH is 3. The molecule has 1 aliphatic carbocycles. The predicted molar refractivity (Wildman–Crippen MR) is 92.9 cm³/mol. The van der Waals surface area contributed by atoms with Crippen molar-refractivity contribution in [2.45, 2.75) is 32.8 Å². The van der Waals surface area contributed by atoms with Crippen molar-refractivity contribution in [2.24, 2.45) is 0 Å². The molecule has 0 radical (unpaired) electrons. The van der Waals surface area contributed by atoms with E-state index in [2.05, 4.69) is 6.58 Å². The summed E-state index contributed by atoms with van der Waals surface area (Å²) >= 11 is 0. The Morgan fingerprint density at radius 2 is 1.88 bits per heavy atom. The quantitative estimate of drug-likeness (QED) is 0.452. The summed E-state index contributed by atoms with van der Waals surface area (Å²) in [5.74, 6) is -1.88. The lowest BCUT2D eigenvalue weighted by molar-refractivity contribution is -0.116. The van der Waals surface area contributed by atoms with Crippen molar-refractivity contribution >= 4 is 5.78 Å². The Hall–Kier alpha value is -2.73. The number of hydrogen-bond donors (Lipinski definition) is 4. The van der Waals surface area contributed by atoms with Crippen molar-refractivity contribution in [3.63, 3.8) is 0 Å². The molecular weight excluding hydrogens is 324 g/mol. The molecule has 25 heavy (non-hydrogen) atoms. The average Bonchev–Trinajstić information content (AvgIpc) is 2.54. The van der Waals surface area contributed by atoms with E-state index in [1.807, 2.05) is 0 Å². The Balaban J connectivity index is 2.86. The molecule has 6 nitrogen and oxygen atoms in total. The molecule has 2 aliphatic rings. The molecule has 0 aromatic heterocycles. The van der Waals surface area contributed by atoms with Gasteiger partial charge < -0.3 is 25.2 Å². The van der Waals surface area contributed by atoms with Crippen molar-refractivity contribution in [3.05, 3.63) is 70.1 Å². The summed E-state index contributed by atoms with van der Waals surface area (Å²) in [7, 11) is 0. The van der Waals surface area contributed by atoms with Gasteiger partial charge in [0.2, 0.25) is 5.76 Å². The van der Waals surface area contributed by atoms with Gasteiger partial charge in [-0.05, 0) is 31.6 Å². The van der Waals surface area contributed by atoms with E-state index in [0.717, 1.165) is 0 Å². The second kappa shape index (κ2) is 6.64. The Morgan fingerprint density at radius 3 is 2.44 bits per heavy atom. The Kier molecular flexibility index (Phi) is 4.94. The van der Waals surface area contributed by atoms with Crippen molar-refractivity contribution in [3.8, 4) is 0 Å². The predicted octanol–water partition coefficient (Wildman–Crippen LogP) is 3.21. The number of Topliss-reactive ketones (excluding diaryl/α,β-unsaturated/α-hetero) is 1. The molecule has 1 aliphatic heterocycles. The van der Waals surface area contributed by atoms with E-state index in [9.17, 15) is 25.2 Å². The minimum Gasteiger partial charge on any atom is -0.504 e. The molecule has 0 aromatic rings. The number of ether oxygens (including phenoxy) is 1. The summed E-state index contributed by atoms with van der Waals surface area (Å²) in [5, 5.41) is 41.2. The van der Waals surface area contributed by atoms with Crippen molar-refractivity contribution in [1.82, 2.24) is 0 Å². The highest BCUT2D eigenvalue weighted by molar-refractivity contribution is 5.92. The zero-order chi connectivity index (χ0) is 18.9. The lowest BCUT2D eigenvalue weighted by Gasteiger charge is -2.38. The van der Waals surface area contributed by atoms with Crippen LogP contribution < -0.4 is 0 Å². The monoisotopic (exact) mass is 346 g/mol. The van der Waals surface area contributed by atoms with E-state index in [4.69, 9.17) is 4.74 Å². The highest BCUT2D eigenvalue weighted by Crippen LogP contribution is 2.42. The molecule has 1 heterocycles. The maximum atomic E-state index is 11.5. The molecule has 0 spiro atoms. The molecule has 0 saturated heterocycles. The fourth-order valence-electron chi connectivity index (χ4n) is 3.15. The first-order valence-corrected chi connectivity index (χ1v) is 7.75. The molecule has 0 saturated carbocycles. The Bertz CT molecular complexity index is 791. The number of fused-ring (bicyclic) bond motifs is 1. The van der Waals surface area contributed by atoms with Gasteiger partial charge in [0.05, 0.1) is 0 Å². The molecule has 6 heteroatoms. The summed E-state index contributed by atoms with van der Waals surface area (Å²) in [6, 6.07) is 0. The van der Waals surface area contributed by atoms with Crippen LogP contribution in [0.3, 0.4) is 0 Å². The fraction of sp³-hybridized carbons (Fsp3) is 0.316. The third-order valence-corrected chi connectivity index (χ3v) is 4.15. The van der Waals surface area contributed by atoms with Crippen LogP contribution >= 0.6 is 0 Å². The Morgan fingerprint density at radius 1 is 1.28 bits per heavy atom. The van der Waals surface area contributed by atoms with Crippen LogP contribution in [0.4, 0.5) is 0 Å². The van der Waals surface area contributed by atoms with Crippen LogP contribution in [0.2, 0.25) is 0 Å². The highest BCUT2D eigenvalue weighted by Gasteiger charge is 2.41. The van der Waals surface area contributed by atoms with Crippen LogP contribution in [0.25, 0.3) is 0 Å². The zero-order valence-electron chi connectivity index (χ0n) is 14.5. The first kappa shape index (κ1) is 18.6. The molecular formula is C19H22O6. The summed E-state index contributed by atoms with van der Waals surface area (Å²) in [5.41, 5.74) is 0.211. The van der Waals surface area contributed by atoms with Crippen molar-refractivity contribution in [1.29, 1.82) is 0 Å². The fourth-order valence-corrected chi connectivity index (χ4v) is 3.15. The smallest absolute Gasteiger partial charge is 0.202 e. The van der Waals surface area contributed by atoms with E-state index >= 15 is 0 Å². The molecule has 0 aromatic carbocycles. The van der Waals surface area contributed by atoms with E-state index in [0.29, 0.717) is 16.7 Å². The molecule has 2 rings (SSSR count). The molecule has 1 atom stereocenters. The second-order valence-electron chi connectivity index (χ2n) is 6.31. The van der Waals surface area contributed by atoms with E-state index in [1.54, 1.807) is 13.8 Å². The van der Waals surface area contributed by atoms with Gasteiger partial charge in [0.1, 0.15) is 12.2 Å². The standard InChI is InChI=1S/C19H22O6/c1-5-13-16-11(3)7-15(22)14(21)6-10(2)8-19(16,24)9-25-18(13)17(23)12(4)20/h5-7,21-24H,1,8-9H2,2-4H3/b10-6+,11-7?,15-14?,18-17?. The molecule has 4 N–H and O–H groups in total. The number of allylic oxidation sites excluding steroid dienone is 4. The average molecular weight is 346 g/mol. The Labute approximate surface area is 146 Å². The van der Waals surface area contributed by atoms with Gasteiger partial charge in [0.15, 0.2) is 23.1 Å². The largest absolute Gasteiger partial charge is 0.504 e. The summed E-state index contributed by atoms with van der Waals surface area (Å²) in [6.45, 7) is 8.03.